The zero-order chi connectivity index (χ0) is 22.1. The molecule has 0 atom stereocenters. The molecule has 30 heavy (non-hydrogen) atoms. The molecule has 1 aromatic heterocycles. The van der Waals surface area contributed by atoms with Gasteiger partial charge in [-0.25, -0.2) is 4.68 Å². The number of aromatic nitrogens is 3. The van der Waals surface area contributed by atoms with Gasteiger partial charge in [-0.05, 0) is 25.0 Å². The Kier molecular flexibility index (Phi) is 6.01. The lowest BCUT2D eigenvalue weighted by Crippen LogP contribution is -2.28. The van der Waals surface area contributed by atoms with E-state index in [-0.39, 0.29) is 28.2 Å². The average Bonchev–Trinajstić information content (AvgIpc) is 3.37. The third-order valence-corrected chi connectivity index (χ3v) is 4.66. The van der Waals surface area contributed by atoms with Crippen molar-refractivity contribution in [1.82, 2.24) is 25.6 Å². The largest absolute Gasteiger partial charge is 0.481 e. The molecule has 1 aromatic carbocycles. The highest BCUT2D eigenvalue weighted by Gasteiger charge is 2.41. The molecule has 3 rings (SSSR count). The Morgan fingerprint density at radius 2 is 2.07 bits per heavy atom. The van der Waals surface area contributed by atoms with Gasteiger partial charge in [-0.15, -0.1) is 5.10 Å². The maximum absolute atomic E-state index is 13.5. The molecule has 1 fully saturated rings. The van der Waals surface area contributed by atoms with Crippen LogP contribution in [0.1, 0.15) is 23.2 Å². The van der Waals surface area contributed by atoms with Crippen LogP contribution in [0, 0.1) is 5.41 Å². The predicted octanol–water partition coefficient (Wildman–Crippen LogP) is 3.06. The first-order valence-electron chi connectivity index (χ1n) is 8.81. The predicted molar refractivity (Wildman–Crippen MR) is 104 cm³/mol. The van der Waals surface area contributed by atoms with Gasteiger partial charge in [0, 0.05) is 18.7 Å². The lowest BCUT2D eigenvalue weighted by atomic mass is 10.1. The van der Waals surface area contributed by atoms with Crippen LogP contribution in [-0.2, 0) is 4.74 Å². The standard InChI is InChI=1S/C18H18ClF3N6O2/c1-24-16(14(15(23)30-2)18(20,21)22)28-8-13(26-27-28)9-3-6-12(19)11(7-9)17(29)25-10-4-5-10/h3,6-8,10,23-24H,4-5H2,1-2H3,(H,25,29)/b16-14-,23-15?. The minimum atomic E-state index is -4.87. The number of carbonyl (C=O) groups excluding carboxylic acids is 1. The van der Waals surface area contributed by atoms with E-state index in [1.165, 1.54) is 25.4 Å². The number of ether oxygens (including phenoxy) is 1. The maximum atomic E-state index is 13.5. The van der Waals surface area contributed by atoms with Crippen molar-refractivity contribution in [3.05, 3.63) is 40.6 Å². The minimum absolute atomic E-state index is 0.137. The van der Waals surface area contributed by atoms with Crippen molar-refractivity contribution in [3.63, 3.8) is 0 Å². The second kappa shape index (κ2) is 8.34. The zero-order valence-electron chi connectivity index (χ0n) is 16.0. The monoisotopic (exact) mass is 442 g/mol. The number of hydrogen-bond donors (Lipinski definition) is 3. The fourth-order valence-corrected chi connectivity index (χ4v) is 2.88. The van der Waals surface area contributed by atoms with Gasteiger partial charge in [0.15, 0.2) is 5.57 Å². The number of amides is 1. The van der Waals surface area contributed by atoms with E-state index < -0.39 is 23.5 Å². The van der Waals surface area contributed by atoms with E-state index in [1.54, 1.807) is 6.07 Å². The molecule has 0 radical (unpaired) electrons. The number of alkyl halides is 3. The SMILES string of the molecule is CN/C(=C(\C(=N)OC)C(F)(F)F)n1cc(-c2ccc(Cl)c(C(=O)NC3CC3)c2)nn1. The van der Waals surface area contributed by atoms with Crippen LogP contribution in [0.4, 0.5) is 13.2 Å². The third-order valence-electron chi connectivity index (χ3n) is 4.33. The van der Waals surface area contributed by atoms with Crippen LogP contribution in [0.5, 0.6) is 0 Å². The maximum Gasteiger partial charge on any atom is 0.425 e. The number of rotatable bonds is 6. The summed E-state index contributed by atoms with van der Waals surface area (Å²) in [6, 6.07) is 4.72. The average molecular weight is 443 g/mol. The molecular formula is C18H18ClF3N6O2. The molecule has 12 heteroatoms. The molecule has 0 aliphatic heterocycles. The Morgan fingerprint density at radius 3 is 2.63 bits per heavy atom. The normalized spacial score (nSPS) is 14.7. The first-order valence-corrected chi connectivity index (χ1v) is 9.19. The number of hydrogen-bond acceptors (Lipinski definition) is 6. The summed E-state index contributed by atoms with van der Waals surface area (Å²) < 4.78 is 45.7. The van der Waals surface area contributed by atoms with Gasteiger partial charge in [0.05, 0.1) is 23.9 Å². The first kappa shape index (κ1) is 21.6. The summed E-state index contributed by atoms with van der Waals surface area (Å²) in [5.41, 5.74) is -0.454. The first-order chi connectivity index (χ1) is 14.2. The zero-order valence-corrected chi connectivity index (χ0v) is 16.7. The molecule has 1 aliphatic rings. The van der Waals surface area contributed by atoms with E-state index in [4.69, 9.17) is 17.0 Å². The second-order valence-corrected chi connectivity index (χ2v) is 6.90. The summed E-state index contributed by atoms with van der Waals surface area (Å²) in [7, 11) is 2.23. The van der Waals surface area contributed by atoms with E-state index in [1.807, 2.05) is 0 Å². The molecule has 0 saturated heterocycles. The van der Waals surface area contributed by atoms with Crippen LogP contribution >= 0.6 is 11.6 Å². The molecule has 1 amide bonds. The van der Waals surface area contributed by atoms with E-state index in [0.29, 0.717) is 5.56 Å². The quantitative estimate of drug-likeness (QED) is 0.471. The molecule has 1 saturated carbocycles. The van der Waals surface area contributed by atoms with Crippen molar-refractivity contribution >= 4 is 29.2 Å². The lowest BCUT2D eigenvalue weighted by Gasteiger charge is -2.16. The number of carbonyl (C=O) groups is 1. The van der Waals surface area contributed by atoms with E-state index in [0.717, 1.165) is 24.6 Å². The van der Waals surface area contributed by atoms with Crippen LogP contribution < -0.4 is 10.6 Å². The molecule has 160 valence electrons. The number of methoxy groups -OCH3 is 1. The number of benzene rings is 1. The molecule has 8 nitrogen and oxygen atoms in total. The Labute approximate surface area is 174 Å². The number of nitrogens with one attached hydrogen (secondary N) is 3. The van der Waals surface area contributed by atoms with Crippen molar-refractivity contribution < 1.29 is 22.7 Å². The summed E-state index contributed by atoms with van der Waals surface area (Å²) in [6.07, 6.45) is -1.80. The summed E-state index contributed by atoms with van der Waals surface area (Å²) in [5.74, 6) is -1.94. The smallest absolute Gasteiger partial charge is 0.425 e. The van der Waals surface area contributed by atoms with Crippen LogP contribution in [0.25, 0.3) is 17.1 Å². The molecule has 0 bridgehead atoms. The second-order valence-electron chi connectivity index (χ2n) is 6.50. The van der Waals surface area contributed by atoms with Crippen molar-refractivity contribution in [2.75, 3.05) is 14.2 Å². The van der Waals surface area contributed by atoms with Crippen molar-refractivity contribution in [1.29, 1.82) is 5.41 Å². The molecule has 2 aromatic rings. The van der Waals surface area contributed by atoms with Gasteiger partial charge in [0.1, 0.15) is 11.5 Å². The number of nitrogens with zero attached hydrogens (tertiary/aromatic N) is 3. The topological polar surface area (TPSA) is 105 Å². The van der Waals surface area contributed by atoms with E-state index in [9.17, 15) is 18.0 Å². The Morgan fingerprint density at radius 1 is 1.37 bits per heavy atom. The van der Waals surface area contributed by atoms with E-state index in [2.05, 4.69) is 25.7 Å². The molecule has 1 heterocycles. The molecular weight excluding hydrogens is 425 g/mol. The van der Waals surface area contributed by atoms with E-state index >= 15 is 0 Å². The van der Waals surface area contributed by atoms with Crippen LogP contribution in [-0.4, -0.2) is 53.2 Å². The summed E-state index contributed by atoms with van der Waals surface area (Å²) in [4.78, 5) is 12.4. The fraction of sp³-hybridized carbons (Fsp3) is 0.333. The highest BCUT2D eigenvalue weighted by molar-refractivity contribution is 6.34. The molecule has 0 spiro atoms. The minimum Gasteiger partial charge on any atom is -0.481 e. The summed E-state index contributed by atoms with van der Waals surface area (Å²) in [5, 5.41) is 20.6. The van der Waals surface area contributed by atoms with Gasteiger partial charge < -0.3 is 15.4 Å². The van der Waals surface area contributed by atoms with Crippen molar-refractivity contribution in [3.8, 4) is 11.3 Å². The van der Waals surface area contributed by atoms with Crippen LogP contribution in [0.3, 0.4) is 0 Å². The summed E-state index contributed by atoms with van der Waals surface area (Å²) in [6.45, 7) is 0. The third kappa shape index (κ3) is 4.56. The van der Waals surface area contributed by atoms with Gasteiger partial charge in [-0.3, -0.25) is 10.2 Å². The molecule has 3 N–H and O–H groups in total. The van der Waals surface area contributed by atoms with Gasteiger partial charge in [0.2, 0.25) is 5.90 Å². The Bertz CT molecular complexity index is 1010. The van der Waals surface area contributed by atoms with Crippen LogP contribution in [0.2, 0.25) is 5.02 Å². The van der Waals surface area contributed by atoms with Gasteiger partial charge in [0.25, 0.3) is 5.91 Å². The fourth-order valence-electron chi connectivity index (χ4n) is 2.68. The Balaban J connectivity index is 2.00. The van der Waals surface area contributed by atoms with Crippen molar-refractivity contribution in [2.24, 2.45) is 0 Å². The molecule has 0 unspecified atom stereocenters. The van der Waals surface area contributed by atoms with Gasteiger partial charge in [-0.2, -0.15) is 13.2 Å². The van der Waals surface area contributed by atoms with Gasteiger partial charge in [-0.1, -0.05) is 22.9 Å². The van der Waals surface area contributed by atoms with Gasteiger partial charge >= 0.3 is 6.18 Å². The van der Waals surface area contributed by atoms with Crippen molar-refractivity contribution in [2.45, 2.75) is 25.1 Å². The highest BCUT2D eigenvalue weighted by atomic mass is 35.5. The summed E-state index contributed by atoms with van der Waals surface area (Å²) >= 11 is 6.12. The highest BCUT2D eigenvalue weighted by Crippen LogP contribution is 2.31. The molecule has 1 aliphatic carbocycles. The number of halogens is 4. The Hall–Kier alpha value is -3.08. The lowest BCUT2D eigenvalue weighted by molar-refractivity contribution is -0.0876. The van der Waals surface area contributed by atoms with Crippen LogP contribution in [0.15, 0.2) is 30.0 Å².